The Labute approximate surface area is 72.5 Å². The molecule has 0 spiro atoms. The SMILES string of the molecule is C=C(/C=C/CN)N1CC(CF)C1. The van der Waals surface area contributed by atoms with Crippen LogP contribution in [0.2, 0.25) is 0 Å². The van der Waals surface area contributed by atoms with Gasteiger partial charge in [0.05, 0.1) is 6.67 Å². The van der Waals surface area contributed by atoms with Crippen molar-refractivity contribution in [3.63, 3.8) is 0 Å². The summed E-state index contributed by atoms with van der Waals surface area (Å²) in [4.78, 5) is 2.05. The Kier molecular flexibility index (Phi) is 3.29. The summed E-state index contributed by atoms with van der Waals surface area (Å²) in [7, 11) is 0. The van der Waals surface area contributed by atoms with E-state index in [4.69, 9.17) is 5.73 Å². The van der Waals surface area contributed by atoms with Gasteiger partial charge in [0.1, 0.15) is 0 Å². The van der Waals surface area contributed by atoms with Crippen LogP contribution in [-0.2, 0) is 0 Å². The third-order valence-electron chi connectivity index (χ3n) is 2.03. The summed E-state index contributed by atoms with van der Waals surface area (Å²) in [6.45, 7) is 5.75. The van der Waals surface area contributed by atoms with Gasteiger partial charge in [0.15, 0.2) is 0 Å². The molecule has 1 fully saturated rings. The molecule has 0 aromatic carbocycles. The molecular formula is C9H15FN2. The minimum Gasteiger partial charge on any atom is -0.371 e. The van der Waals surface area contributed by atoms with Crippen LogP contribution in [0.5, 0.6) is 0 Å². The molecule has 0 aromatic rings. The second-order valence-electron chi connectivity index (χ2n) is 3.05. The fourth-order valence-corrected chi connectivity index (χ4v) is 1.21. The first kappa shape index (κ1) is 9.26. The Balaban J connectivity index is 2.23. The van der Waals surface area contributed by atoms with Crippen molar-refractivity contribution in [3.05, 3.63) is 24.4 Å². The highest BCUT2D eigenvalue weighted by molar-refractivity contribution is 5.16. The van der Waals surface area contributed by atoms with Gasteiger partial charge in [-0.25, -0.2) is 0 Å². The van der Waals surface area contributed by atoms with Crippen LogP contribution in [0.4, 0.5) is 4.39 Å². The first-order valence-electron chi connectivity index (χ1n) is 4.14. The molecule has 0 atom stereocenters. The van der Waals surface area contributed by atoms with Crippen LogP contribution in [0.3, 0.4) is 0 Å². The third kappa shape index (κ3) is 2.08. The van der Waals surface area contributed by atoms with Crippen LogP contribution < -0.4 is 5.73 Å². The number of nitrogens with two attached hydrogens (primary N) is 1. The predicted molar refractivity (Wildman–Crippen MR) is 48.4 cm³/mol. The molecule has 1 heterocycles. The average molecular weight is 170 g/mol. The molecule has 2 N–H and O–H groups in total. The quantitative estimate of drug-likeness (QED) is 0.636. The summed E-state index contributed by atoms with van der Waals surface area (Å²) >= 11 is 0. The lowest BCUT2D eigenvalue weighted by Crippen LogP contribution is -2.46. The summed E-state index contributed by atoms with van der Waals surface area (Å²) in [6, 6.07) is 0. The summed E-state index contributed by atoms with van der Waals surface area (Å²) in [5, 5.41) is 0. The maximum absolute atomic E-state index is 12.0. The predicted octanol–water partition coefficient (Wildman–Crippen LogP) is 0.916. The maximum Gasteiger partial charge on any atom is 0.0956 e. The van der Waals surface area contributed by atoms with Gasteiger partial charge in [0.25, 0.3) is 0 Å². The largest absolute Gasteiger partial charge is 0.371 e. The van der Waals surface area contributed by atoms with Crippen LogP contribution in [0.25, 0.3) is 0 Å². The van der Waals surface area contributed by atoms with E-state index < -0.39 is 0 Å². The van der Waals surface area contributed by atoms with Gasteiger partial charge >= 0.3 is 0 Å². The molecule has 1 rings (SSSR count). The van der Waals surface area contributed by atoms with E-state index in [9.17, 15) is 4.39 Å². The molecule has 2 nitrogen and oxygen atoms in total. The molecule has 0 aliphatic carbocycles. The number of hydrogen-bond acceptors (Lipinski definition) is 2. The van der Waals surface area contributed by atoms with Crippen molar-refractivity contribution in [1.82, 2.24) is 4.90 Å². The van der Waals surface area contributed by atoms with Gasteiger partial charge in [-0.3, -0.25) is 4.39 Å². The molecule has 0 unspecified atom stereocenters. The van der Waals surface area contributed by atoms with Crippen LogP contribution in [0, 0.1) is 5.92 Å². The van der Waals surface area contributed by atoms with E-state index in [2.05, 4.69) is 11.5 Å². The molecule has 1 saturated heterocycles. The number of rotatable bonds is 4. The smallest absolute Gasteiger partial charge is 0.0956 e. The lowest BCUT2D eigenvalue weighted by atomic mass is 10.0. The van der Waals surface area contributed by atoms with Crippen molar-refractivity contribution < 1.29 is 4.39 Å². The Hall–Kier alpha value is -0.830. The van der Waals surface area contributed by atoms with Gasteiger partial charge in [0.2, 0.25) is 0 Å². The monoisotopic (exact) mass is 170 g/mol. The van der Waals surface area contributed by atoms with E-state index in [1.165, 1.54) is 0 Å². The fraction of sp³-hybridized carbons (Fsp3) is 0.556. The zero-order valence-electron chi connectivity index (χ0n) is 7.17. The number of halogens is 1. The minimum atomic E-state index is -0.218. The summed E-state index contributed by atoms with van der Waals surface area (Å²) in [5.41, 5.74) is 6.22. The number of likely N-dealkylation sites (tertiary alicyclic amines) is 1. The Morgan fingerprint density at radius 1 is 1.67 bits per heavy atom. The van der Waals surface area contributed by atoms with Gasteiger partial charge in [-0.05, 0) is 6.08 Å². The summed E-state index contributed by atoms with van der Waals surface area (Å²) < 4.78 is 12.0. The molecule has 0 radical (unpaired) electrons. The minimum absolute atomic E-state index is 0.216. The van der Waals surface area contributed by atoms with E-state index in [1.807, 2.05) is 12.2 Å². The standard InChI is InChI=1S/C9H15FN2/c1-8(3-2-4-11)12-6-9(5-10)7-12/h2-3,9H,1,4-7,11H2/b3-2+. The number of allylic oxidation sites excluding steroid dienone is 1. The van der Waals surface area contributed by atoms with Crippen molar-refractivity contribution in [3.8, 4) is 0 Å². The normalized spacial score (nSPS) is 18.3. The molecular weight excluding hydrogens is 155 g/mol. The third-order valence-corrected chi connectivity index (χ3v) is 2.03. The highest BCUT2D eigenvalue weighted by Gasteiger charge is 2.26. The lowest BCUT2D eigenvalue weighted by molar-refractivity contribution is 0.122. The molecule has 0 saturated carbocycles. The van der Waals surface area contributed by atoms with Crippen LogP contribution in [0.15, 0.2) is 24.4 Å². The van der Waals surface area contributed by atoms with Crippen molar-refractivity contribution in [2.45, 2.75) is 0 Å². The highest BCUT2D eigenvalue weighted by atomic mass is 19.1. The van der Waals surface area contributed by atoms with E-state index in [0.717, 1.165) is 18.8 Å². The second-order valence-corrected chi connectivity index (χ2v) is 3.05. The maximum atomic E-state index is 12.0. The molecule has 3 heteroatoms. The van der Waals surface area contributed by atoms with Crippen LogP contribution in [-0.4, -0.2) is 31.2 Å². The zero-order chi connectivity index (χ0) is 8.97. The summed E-state index contributed by atoms with van der Waals surface area (Å²) in [6.07, 6.45) is 3.74. The van der Waals surface area contributed by atoms with Gasteiger partial charge < -0.3 is 10.6 Å². The number of alkyl halides is 1. The molecule has 1 aliphatic heterocycles. The van der Waals surface area contributed by atoms with Gasteiger partial charge in [0, 0.05) is 31.2 Å². The fourth-order valence-electron chi connectivity index (χ4n) is 1.21. The molecule has 1 aliphatic rings. The molecule has 0 bridgehead atoms. The van der Waals surface area contributed by atoms with E-state index in [-0.39, 0.29) is 12.6 Å². The van der Waals surface area contributed by atoms with Crippen molar-refractivity contribution in [1.29, 1.82) is 0 Å². The van der Waals surface area contributed by atoms with E-state index in [1.54, 1.807) is 0 Å². The lowest BCUT2D eigenvalue weighted by Gasteiger charge is -2.40. The molecule has 0 amide bonds. The zero-order valence-corrected chi connectivity index (χ0v) is 7.17. The Morgan fingerprint density at radius 3 is 2.83 bits per heavy atom. The molecule has 68 valence electrons. The van der Waals surface area contributed by atoms with Gasteiger partial charge in [-0.1, -0.05) is 12.7 Å². The van der Waals surface area contributed by atoms with E-state index in [0.29, 0.717) is 6.54 Å². The topological polar surface area (TPSA) is 29.3 Å². The highest BCUT2D eigenvalue weighted by Crippen LogP contribution is 2.20. The summed E-state index contributed by atoms with van der Waals surface area (Å²) in [5.74, 6) is 0.216. The van der Waals surface area contributed by atoms with Gasteiger partial charge in [-0.2, -0.15) is 0 Å². The Bertz CT molecular complexity index is 183. The van der Waals surface area contributed by atoms with Crippen LogP contribution in [0.1, 0.15) is 0 Å². The Morgan fingerprint density at radius 2 is 2.33 bits per heavy atom. The molecule has 12 heavy (non-hydrogen) atoms. The number of hydrogen-bond donors (Lipinski definition) is 1. The first-order valence-corrected chi connectivity index (χ1v) is 4.14. The average Bonchev–Trinajstić information content (AvgIpc) is 1.99. The van der Waals surface area contributed by atoms with Crippen molar-refractivity contribution >= 4 is 0 Å². The van der Waals surface area contributed by atoms with E-state index >= 15 is 0 Å². The first-order chi connectivity index (χ1) is 5.77. The second kappa shape index (κ2) is 4.26. The molecule has 0 aromatic heterocycles. The van der Waals surface area contributed by atoms with Crippen LogP contribution >= 0.6 is 0 Å². The van der Waals surface area contributed by atoms with Crippen molar-refractivity contribution in [2.75, 3.05) is 26.3 Å². The van der Waals surface area contributed by atoms with Crippen molar-refractivity contribution in [2.24, 2.45) is 11.7 Å². The van der Waals surface area contributed by atoms with Gasteiger partial charge in [-0.15, -0.1) is 0 Å². The number of nitrogens with zero attached hydrogens (tertiary/aromatic N) is 1.